The molecule has 6 heteroatoms. The van der Waals surface area contributed by atoms with Gasteiger partial charge in [-0.25, -0.2) is 4.79 Å². The minimum absolute atomic E-state index is 0.124. The molecule has 0 heterocycles. The summed E-state index contributed by atoms with van der Waals surface area (Å²) in [6.45, 7) is 0. The molecule has 3 N–H and O–H groups in total. The Morgan fingerprint density at radius 2 is 2.00 bits per heavy atom. The summed E-state index contributed by atoms with van der Waals surface area (Å²) < 4.78 is 0.712. The molecule has 0 aliphatic rings. The molecule has 0 radical (unpaired) electrons. The van der Waals surface area contributed by atoms with Crippen molar-refractivity contribution >= 4 is 50.9 Å². The molecule has 0 aliphatic heterocycles. The van der Waals surface area contributed by atoms with Crippen molar-refractivity contribution in [3.63, 3.8) is 0 Å². The van der Waals surface area contributed by atoms with E-state index in [1.165, 1.54) is 6.07 Å². The maximum absolute atomic E-state index is 10.5. The number of rotatable bonds is 1. The summed E-state index contributed by atoms with van der Waals surface area (Å²) in [4.78, 5) is 10.5. The number of anilines is 1. The van der Waals surface area contributed by atoms with Gasteiger partial charge in [0.25, 0.3) is 0 Å². The van der Waals surface area contributed by atoms with Gasteiger partial charge in [0.1, 0.15) is 0 Å². The summed E-state index contributed by atoms with van der Waals surface area (Å²) in [5, 5.41) is 8.59. The molecule has 0 aliphatic carbocycles. The van der Waals surface area contributed by atoms with E-state index in [4.69, 9.17) is 10.8 Å². The van der Waals surface area contributed by atoms with Gasteiger partial charge in [0.05, 0.1) is 5.56 Å². The molecule has 3 nitrogen and oxygen atoms in total. The summed E-state index contributed by atoms with van der Waals surface area (Å²) in [7, 11) is 0. The maximum Gasteiger partial charge on any atom is 0.337 e. The van der Waals surface area contributed by atoms with Gasteiger partial charge in [-0.3, -0.25) is 0 Å². The lowest BCUT2D eigenvalue weighted by atomic mass is 10.2. The molecule has 0 unspecified atom stereocenters. The van der Waals surface area contributed by atoms with Crippen LogP contribution in [-0.2, 0) is 0 Å². The van der Waals surface area contributed by atoms with Crippen molar-refractivity contribution in [1.29, 1.82) is 0 Å². The molecule has 0 fully saturated rings. The average molecular weight is 282 g/mol. The van der Waals surface area contributed by atoms with Crippen LogP contribution in [0.25, 0.3) is 0 Å². The first-order valence-corrected chi connectivity index (χ1v) is 5.49. The van der Waals surface area contributed by atoms with E-state index in [9.17, 15) is 4.79 Å². The molecule has 13 heavy (non-hydrogen) atoms. The van der Waals surface area contributed by atoms with Gasteiger partial charge in [-0.2, -0.15) is 0 Å². The van der Waals surface area contributed by atoms with Crippen molar-refractivity contribution < 1.29 is 9.90 Å². The highest BCUT2D eigenvalue weighted by molar-refractivity contribution is 9.10. The van der Waals surface area contributed by atoms with Gasteiger partial charge < -0.3 is 10.8 Å². The number of hydrogen-bond acceptors (Lipinski definition) is 4. The second kappa shape index (κ2) is 6.17. The zero-order valence-corrected chi connectivity index (χ0v) is 9.81. The van der Waals surface area contributed by atoms with Crippen LogP contribution in [0.3, 0.4) is 0 Å². The molecular formula is C7H8BrNO2S2. The van der Waals surface area contributed by atoms with Gasteiger partial charge in [0, 0.05) is 10.2 Å². The molecule has 0 atom stereocenters. The van der Waals surface area contributed by atoms with E-state index in [1.807, 2.05) is 0 Å². The Balaban J connectivity index is 0.000000671. The second-order valence-electron chi connectivity index (χ2n) is 2.04. The van der Waals surface area contributed by atoms with Crippen molar-refractivity contribution in [3.05, 3.63) is 28.2 Å². The molecule has 0 bridgehead atoms. The smallest absolute Gasteiger partial charge is 0.337 e. The third-order valence-electron chi connectivity index (χ3n) is 1.25. The van der Waals surface area contributed by atoms with Crippen LogP contribution in [-0.4, -0.2) is 11.1 Å². The molecule has 0 aromatic heterocycles. The third-order valence-corrected chi connectivity index (χ3v) is 1.74. The molecule has 0 amide bonds. The molecular weight excluding hydrogens is 274 g/mol. The van der Waals surface area contributed by atoms with Gasteiger partial charge in [-0.05, 0) is 18.2 Å². The monoisotopic (exact) mass is 281 g/mol. The van der Waals surface area contributed by atoms with E-state index in [1.54, 1.807) is 12.1 Å². The second-order valence-corrected chi connectivity index (χ2v) is 2.95. The minimum Gasteiger partial charge on any atom is -0.478 e. The number of benzene rings is 1. The van der Waals surface area contributed by atoms with Crippen LogP contribution in [0.5, 0.6) is 0 Å². The fourth-order valence-electron chi connectivity index (χ4n) is 0.714. The molecule has 0 spiro atoms. The number of halogens is 1. The number of carboxylic acids is 1. The van der Waals surface area contributed by atoms with Crippen molar-refractivity contribution in [2.45, 2.75) is 0 Å². The molecule has 1 aromatic rings. The normalized spacial score (nSPS) is 8.54. The molecule has 72 valence electrons. The largest absolute Gasteiger partial charge is 0.478 e. The summed E-state index contributed by atoms with van der Waals surface area (Å²) in [5.74, 6) is -1.01. The van der Waals surface area contributed by atoms with Gasteiger partial charge in [-0.15, -0.1) is 23.3 Å². The number of nitrogens with two attached hydrogens (primary N) is 1. The van der Waals surface area contributed by atoms with Crippen LogP contribution < -0.4 is 5.73 Å². The van der Waals surface area contributed by atoms with E-state index in [0.29, 0.717) is 4.47 Å². The summed E-state index contributed by atoms with van der Waals surface area (Å²) >= 11 is 9.59. The highest BCUT2D eigenvalue weighted by Crippen LogP contribution is 2.17. The predicted molar refractivity (Wildman–Crippen MR) is 63.5 cm³/mol. The number of nitrogen functional groups attached to an aromatic ring is 1. The van der Waals surface area contributed by atoms with Crippen LogP contribution in [0.15, 0.2) is 22.7 Å². The van der Waals surface area contributed by atoms with Gasteiger partial charge >= 0.3 is 5.97 Å². The Hall–Kier alpha value is -0.330. The first-order valence-electron chi connectivity index (χ1n) is 3.09. The number of hydrogen-bond donors (Lipinski definition) is 4. The predicted octanol–water partition coefficient (Wildman–Crippen LogP) is 2.49. The highest BCUT2D eigenvalue weighted by Gasteiger charge is 2.06. The minimum atomic E-state index is -1.01. The van der Waals surface area contributed by atoms with Crippen molar-refractivity contribution in [2.24, 2.45) is 0 Å². The fraction of sp³-hybridized carbons (Fsp3) is 0. The average Bonchev–Trinajstić information content (AvgIpc) is 2.12. The lowest BCUT2D eigenvalue weighted by molar-refractivity contribution is 0.0698. The van der Waals surface area contributed by atoms with Crippen LogP contribution in [0.2, 0.25) is 0 Å². The van der Waals surface area contributed by atoms with E-state index in [0.717, 1.165) is 0 Å². The van der Waals surface area contributed by atoms with E-state index in [2.05, 4.69) is 39.3 Å². The van der Waals surface area contributed by atoms with Crippen LogP contribution in [0.4, 0.5) is 5.69 Å². The van der Waals surface area contributed by atoms with Gasteiger partial charge in [-0.1, -0.05) is 15.9 Å². The number of carbonyl (C=O) groups is 1. The van der Waals surface area contributed by atoms with Gasteiger partial charge in [0.15, 0.2) is 0 Å². The highest BCUT2D eigenvalue weighted by atomic mass is 79.9. The number of thiol groups is 2. The Bertz CT molecular complexity index is 307. The van der Waals surface area contributed by atoms with Crippen molar-refractivity contribution in [1.82, 2.24) is 0 Å². The Morgan fingerprint density at radius 3 is 2.38 bits per heavy atom. The van der Waals surface area contributed by atoms with E-state index < -0.39 is 5.97 Å². The SMILES string of the molecule is Nc1ccc(Br)cc1C(=O)O.SS. The standard InChI is InChI=1S/C7H6BrNO2.H2S2/c8-4-1-2-6(9)5(3-4)7(10)11;1-2/h1-3H,9H2,(H,10,11);1-2H. The topological polar surface area (TPSA) is 63.3 Å². The third kappa shape index (κ3) is 3.93. The summed E-state index contributed by atoms with van der Waals surface area (Å²) in [6.07, 6.45) is 0. The molecule has 0 saturated heterocycles. The zero-order valence-electron chi connectivity index (χ0n) is 6.44. The Kier molecular flexibility index (Phi) is 6.02. The number of aromatic carboxylic acids is 1. The van der Waals surface area contributed by atoms with Crippen molar-refractivity contribution in [3.8, 4) is 0 Å². The lowest BCUT2D eigenvalue weighted by Crippen LogP contribution is -2.01. The number of carboxylic acid groups (broad SMARTS) is 1. The van der Waals surface area contributed by atoms with Crippen molar-refractivity contribution in [2.75, 3.05) is 5.73 Å². The Morgan fingerprint density at radius 1 is 1.46 bits per heavy atom. The molecule has 1 aromatic carbocycles. The van der Waals surface area contributed by atoms with Crippen LogP contribution >= 0.6 is 39.3 Å². The molecule has 1 rings (SSSR count). The quantitative estimate of drug-likeness (QED) is 0.363. The first kappa shape index (κ1) is 12.7. The van der Waals surface area contributed by atoms with E-state index in [-0.39, 0.29) is 11.3 Å². The maximum atomic E-state index is 10.5. The fourth-order valence-corrected chi connectivity index (χ4v) is 1.07. The first-order chi connectivity index (χ1) is 6.11. The van der Waals surface area contributed by atoms with E-state index >= 15 is 0 Å². The summed E-state index contributed by atoms with van der Waals surface area (Å²) in [6, 6.07) is 4.72. The zero-order chi connectivity index (χ0) is 10.4. The lowest BCUT2D eigenvalue weighted by Gasteiger charge is -1.99. The molecule has 0 saturated carbocycles. The van der Waals surface area contributed by atoms with Gasteiger partial charge in [0.2, 0.25) is 0 Å². The Labute approximate surface area is 94.7 Å². The van der Waals surface area contributed by atoms with Crippen LogP contribution in [0, 0.1) is 0 Å². The van der Waals surface area contributed by atoms with Crippen LogP contribution in [0.1, 0.15) is 10.4 Å². The summed E-state index contributed by atoms with van der Waals surface area (Å²) in [5.41, 5.74) is 5.79.